The van der Waals surface area contributed by atoms with E-state index in [-0.39, 0.29) is 5.54 Å². The van der Waals surface area contributed by atoms with Gasteiger partial charge in [0.25, 0.3) is 0 Å². The third-order valence-corrected chi connectivity index (χ3v) is 3.21. The van der Waals surface area contributed by atoms with Crippen LogP contribution >= 0.6 is 0 Å². The molecule has 1 aliphatic carbocycles. The maximum absolute atomic E-state index is 4.24. The summed E-state index contributed by atoms with van der Waals surface area (Å²) in [4.78, 5) is 0. The molecule has 14 heavy (non-hydrogen) atoms. The van der Waals surface area contributed by atoms with Gasteiger partial charge in [0, 0.05) is 14.1 Å². The second-order valence-electron chi connectivity index (χ2n) is 3.84. The van der Waals surface area contributed by atoms with Crippen molar-refractivity contribution in [3.8, 4) is 0 Å². The van der Waals surface area contributed by atoms with E-state index in [0.29, 0.717) is 0 Å². The molecule has 0 saturated heterocycles. The molecule has 5 heteroatoms. The molecule has 0 aromatic carbocycles. The van der Waals surface area contributed by atoms with Crippen LogP contribution in [0.4, 0.5) is 5.95 Å². The lowest BCUT2D eigenvalue weighted by Crippen LogP contribution is -2.47. The van der Waals surface area contributed by atoms with Gasteiger partial charge in [-0.25, -0.2) is 0 Å². The van der Waals surface area contributed by atoms with Crippen molar-refractivity contribution in [2.45, 2.75) is 24.8 Å². The quantitative estimate of drug-likeness (QED) is 0.735. The SMILES string of the molecule is CNc1nnc(C2(NC)CCC2)n1C. The van der Waals surface area contributed by atoms with Crippen LogP contribution in [0, 0.1) is 0 Å². The van der Waals surface area contributed by atoms with Crippen molar-refractivity contribution in [1.29, 1.82) is 0 Å². The molecule has 1 aromatic rings. The molecule has 2 rings (SSSR count). The fraction of sp³-hybridized carbons (Fsp3) is 0.778. The molecule has 2 N–H and O–H groups in total. The van der Waals surface area contributed by atoms with Gasteiger partial charge in [0.2, 0.25) is 5.95 Å². The van der Waals surface area contributed by atoms with Crippen LogP contribution in [0.15, 0.2) is 0 Å². The molecule has 0 spiro atoms. The summed E-state index contributed by atoms with van der Waals surface area (Å²) in [6.07, 6.45) is 3.57. The smallest absolute Gasteiger partial charge is 0.224 e. The first kappa shape index (κ1) is 9.45. The largest absolute Gasteiger partial charge is 0.357 e. The average Bonchev–Trinajstić information content (AvgIpc) is 2.48. The van der Waals surface area contributed by atoms with Crippen LogP contribution in [-0.2, 0) is 12.6 Å². The van der Waals surface area contributed by atoms with E-state index in [4.69, 9.17) is 0 Å². The molecule has 0 amide bonds. The molecule has 0 bridgehead atoms. The monoisotopic (exact) mass is 195 g/mol. The van der Waals surface area contributed by atoms with Crippen LogP contribution < -0.4 is 10.6 Å². The molecule has 1 saturated carbocycles. The first-order chi connectivity index (χ1) is 6.73. The van der Waals surface area contributed by atoms with Gasteiger partial charge in [0.15, 0.2) is 5.82 Å². The highest BCUT2D eigenvalue weighted by Crippen LogP contribution is 2.40. The Morgan fingerprint density at radius 2 is 2.00 bits per heavy atom. The lowest BCUT2D eigenvalue weighted by atomic mass is 9.76. The third-order valence-electron chi connectivity index (χ3n) is 3.21. The van der Waals surface area contributed by atoms with Crippen LogP contribution in [0.5, 0.6) is 0 Å². The van der Waals surface area contributed by atoms with Gasteiger partial charge in [-0.2, -0.15) is 0 Å². The summed E-state index contributed by atoms with van der Waals surface area (Å²) in [6, 6.07) is 0. The summed E-state index contributed by atoms with van der Waals surface area (Å²) in [5.41, 5.74) is 0.0663. The van der Waals surface area contributed by atoms with Crippen molar-refractivity contribution in [3.05, 3.63) is 5.82 Å². The second-order valence-corrected chi connectivity index (χ2v) is 3.84. The van der Waals surface area contributed by atoms with Gasteiger partial charge in [-0.05, 0) is 26.3 Å². The van der Waals surface area contributed by atoms with Gasteiger partial charge in [0.1, 0.15) is 0 Å². The maximum Gasteiger partial charge on any atom is 0.224 e. The highest BCUT2D eigenvalue weighted by molar-refractivity contribution is 5.27. The molecule has 0 atom stereocenters. The zero-order valence-electron chi connectivity index (χ0n) is 8.96. The molecule has 0 aliphatic heterocycles. The Bertz CT molecular complexity index is 320. The topological polar surface area (TPSA) is 54.8 Å². The Morgan fingerprint density at radius 3 is 2.36 bits per heavy atom. The van der Waals surface area contributed by atoms with E-state index in [1.807, 2.05) is 25.7 Å². The van der Waals surface area contributed by atoms with Gasteiger partial charge >= 0.3 is 0 Å². The van der Waals surface area contributed by atoms with E-state index < -0.39 is 0 Å². The van der Waals surface area contributed by atoms with Crippen molar-refractivity contribution in [3.63, 3.8) is 0 Å². The number of nitrogens with one attached hydrogen (secondary N) is 2. The standard InChI is InChI=1S/C9H17N5/c1-10-8-13-12-7(14(8)3)9(11-2)5-4-6-9/h11H,4-6H2,1-3H3,(H,10,13). The molecule has 1 fully saturated rings. The van der Waals surface area contributed by atoms with Crippen molar-refractivity contribution in [1.82, 2.24) is 20.1 Å². The molecule has 1 aliphatic rings. The van der Waals surface area contributed by atoms with Crippen molar-refractivity contribution >= 4 is 5.95 Å². The summed E-state index contributed by atoms with van der Waals surface area (Å²) in [5.74, 6) is 1.86. The van der Waals surface area contributed by atoms with E-state index in [1.165, 1.54) is 6.42 Å². The molecular formula is C9H17N5. The van der Waals surface area contributed by atoms with Crippen LogP contribution in [0.1, 0.15) is 25.1 Å². The molecule has 0 radical (unpaired) electrons. The Balaban J connectivity index is 2.35. The summed E-state index contributed by atoms with van der Waals surface area (Å²) in [5, 5.41) is 14.7. The minimum Gasteiger partial charge on any atom is -0.357 e. The fourth-order valence-corrected chi connectivity index (χ4v) is 2.08. The first-order valence-electron chi connectivity index (χ1n) is 5.00. The van der Waals surface area contributed by atoms with Crippen LogP contribution in [0.25, 0.3) is 0 Å². The summed E-state index contributed by atoms with van der Waals surface area (Å²) >= 11 is 0. The van der Waals surface area contributed by atoms with Gasteiger partial charge in [-0.1, -0.05) is 0 Å². The van der Waals surface area contributed by atoms with Crippen molar-refractivity contribution in [2.24, 2.45) is 7.05 Å². The number of aromatic nitrogens is 3. The van der Waals surface area contributed by atoms with Crippen LogP contribution in [0.3, 0.4) is 0 Å². The minimum atomic E-state index is 0.0663. The molecular weight excluding hydrogens is 178 g/mol. The summed E-state index contributed by atoms with van der Waals surface area (Å²) in [7, 11) is 5.85. The highest BCUT2D eigenvalue weighted by atomic mass is 15.4. The molecule has 78 valence electrons. The Labute approximate surface area is 83.9 Å². The summed E-state index contributed by atoms with van der Waals surface area (Å²) in [6.45, 7) is 0. The Morgan fingerprint density at radius 1 is 1.29 bits per heavy atom. The van der Waals surface area contributed by atoms with E-state index in [9.17, 15) is 0 Å². The van der Waals surface area contributed by atoms with E-state index in [0.717, 1.165) is 24.6 Å². The lowest BCUT2D eigenvalue weighted by Gasteiger charge is -2.40. The van der Waals surface area contributed by atoms with Crippen molar-refractivity contribution < 1.29 is 0 Å². The first-order valence-corrected chi connectivity index (χ1v) is 5.00. The molecule has 1 aromatic heterocycles. The number of rotatable bonds is 3. The number of anilines is 1. The maximum atomic E-state index is 4.24. The number of hydrogen-bond acceptors (Lipinski definition) is 4. The van der Waals surface area contributed by atoms with Crippen molar-refractivity contribution in [2.75, 3.05) is 19.4 Å². The zero-order valence-corrected chi connectivity index (χ0v) is 8.96. The number of hydrogen-bond donors (Lipinski definition) is 2. The number of nitrogens with zero attached hydrogens (tertiary/aromatic N) is 3. The van der Waals surface area contributed by atoms with Gasteiger partial charge < -0.3 is 10.6 Å². The van der Waals surface area contributed by atoms with Gasteiger partial charge in [-0.15, -0.1) is 10.2 Å². The minimum absolute atomic E-state index is 0.0663. The zero-order chi connectivity index (χ0) is 10.2. The normalized spacial score (nSPS) is 19.1. The predicted octanol–water partition coefficient (Wildman–Crippen LogP) is 0.455. The van der Waals surface area contributed by atoms with Crippen LogP contribution in [-0.4, -0.2) is 28.9 Å². The molecule has 0 unspecified atom stereocenters. The molecule has 5 nitrogen and oxygen atoms in total. The van der Waals surface area contributed by atoms with E-state index in [1.54, 1.807) is 0 Å². The Kier molecular flexibility index (Phi) is 2.19. The highest BCUT2D eigenvalue weighted by Gasteiger charge is 2.41. The average molecular weight is 195 g/mol. The fourth-order valence-electron chi connectivity index (χ4n) is 2.08. The third kappa shape index (κ3) is 1.12. The van der Waals surface area contributed by atoms with E-state index in [2.05, 4.69) is 20.8 Å². The van der Waals surface area contributed by atoms with Gasteiger partial charge in [0.05, 0.1) is 5.54 Å². The predicted molar refractivity (Wildman–Crippen MR) is 55.1 cm³/mol. The lowest BCUT2D eigenvalue weighted by molar-refractivity contribution is 0.182. The van der Waals surface area contributed by atoms with E-state index >= 15 is 0 Å². The molecule has 1 heterocycles. The second kappa shape index (κ2) is 3.24. The van der Waals surface area contributed by atoms with Crippen LogP contribution in [0.2, 0.25) is 0 Å². The summed E-state index contributed by atoms with van der Waals surface area (Å²) < 4.78 is 2.02. The Hall–Kier alpha value is -1.10. The van der Waals surface area contributed by atoms with Gasteiger partial charge in [-0.3, -0.25) is 4.57 Å².